The third-order valence-electron chi connectivity index (χ3n) is 1.02. The van der Waals surface area contributed by atoms with E-state index in [-0.39, 0.29) is 0 Å². The molecule has 66 valence electrons. The van der Waals surface area contributed by atoms with Gasteiger partial charge in [0.05, 0.1) is 6.26 Å². The van der Waals surface area contributed by atoms with Crippen molar-refractivity contribution in [1.29, 1.82) is 0 Å². The summed E-state index contributed by atoms with van der Waals surface area (Å²) in [4.78, 5) is 10.2. The van der Waals surface area contributed by atoms with Crippen LogP contribution in [0.15, 0.2) is 0 Å². The van der Waals surface area contributed by atoms with Crippen LogP contribution >= 0.6 is 0 Å². The molecule has 0 fully saturated rings. The summed E-state index contributed by atoms with van der Waals surface area (Å²) in [6, 6.07) is 0. The standard InChI is InChI=1S/C6H12O4S/c1-3-4-6(5-7)10-11(2,8)9/h5-6H,3-4H2,1-2H3. The molecule has 0 aromatic carbocycles. The fraction of sp³-hybridized carbons (Fsp3) is 0.833. The fourth-order valence-electron chi connectivity index (χ4n) is 0.648. The molecule has 11 heavy (non-hydrogen) atoms. The summed E-state index contributed by atoms with van der Waals surface area (Å²) < 4.78 is 25.4. The minimum Gasteiger partial charge on any atom is -0.300 e. The van der Waals surface area contributed by atoms with Crippen LogP contribution in [0.1, 0.15) is 19.8 Å². The van der Waals surface area contributed by atoms with Gasteiger partial charge in [0.2, 0.25) is 0 Å². The van der Waals surface area contributed by atoms with Gasteiger partial charge in [-0.15, -0.1) is 0 Å². The van der Waals surface area contributed by atoms with Crippen molar-refractivity contribution < 1.29 is 17.4 Å². The van der Waals surface area contributed by atoms with E-state index < -0.39 is 16.2 Å². The normalized spacial score (nSPS) is 14.4. The van der Waals surface area contributed by atoms with Crippen LogP contribution in [0, 0.1) is 0 Å². The molecule has 0 amide bonds. The van der Waals surface area contributed by atoms with Crippen molar-refractivity contribution in [2.45, 2.75) is 25.9 Å². The van der Waals surface area contributed by atoms with E-state index in [0.717, 1.165) is 12.7 Å². The predicted molar refractivity (Wildman–Crippen MR) is 40.7 cm³/mol. The molecule has 1 unspecified atom stereocenters. The third kappa shape index (κ3) is 6.00. The number of aldehydes is 1. The van der Waals surface area contributed by atoms with Crippen molar-refractivity contribution in [3.8, 4) is 0 Å². The zero-order chi connectivity index (χ0) is 8.91. The Hall–Kier alpha value is -0.420. The largest absolute Gasteiger partial charge is 0.300 e. The maximum Gasteiger partial charge on any atom is 0.265 e. The van der Waals surface area contributed by atoms with Crippen LogP contribution < -0.4 is 0 Å². The summed E-state index contributed by atoms with van der Waals surface area (Å²) in [5.41, 5.74) is 0. The topological polar surface area (TPSA) is 60.4 Å². The third-order valence-corrected chi connectivity index (χ3v) is 1.62. The van der Waals surface area contributed by atoms with E-state index in [1.54, 1.807) is 0 Å². The second-order valence-corrected chi connectivity index (χ2v) is 3.86. The zero-order valence-electron chi connectivity index (χ0n) is 6.61. The highest BCUT2D eigenvalue weighted by Gasteiger charge is 2.12. The molecular weight excluding hydrogens is 168 g/mol. The maximum absolute atomic E-state index is 10.5. The highest BCUT2D eigenvalue weighted by molar-refractivity contribution is 7.86. The van der Waals surface area contributed by atoms with Crippen molar-refractivity contribution in [2.75, 3.05) is 6.26 Å². The number of carbonyl (C=O) groups is 1. The molecule has 0 saturated heterocycles. The van der Waals surface area contributed by atoms with Gasteiger partial charge in [-0.3, -0.25) is 4.18 Å². The van der Waals surface area contributed by atoms with E-state index in [1.807, 2.05) is 6.92 Å². The van der Waals surface area contributed by atoms with Gasteiger partial charge in [-0.2, -0.15) is 8.42 Å². The van der Waals surface area contributed by atoms with Gasteiger partial charge in [-0.25, -0.2) is 0 Å². The molecule has 0 N–H and O–H groups in total. The van der Waals surface area contributed by atoms with Gasteiger partial charge in [0.1, 0.15) is 12.4 Å². The number of rotatable bonds is 5. The Morgan fingerprint density at radius 3 is 2.36 bits per heavy atom. The van der Waals surface area contributed by atoms with E-state index >= 15 is 0 Å². The molecule has 0 aromatic heterocycles. The number of carbonyl (C=O) groups excluding carboxylic acids is 1. The lowest BCUT2D eigenvalue weighted by atomic mass is 10.2. The lowest BCUT2D eigenvalue weighted by Gasteiger charge is -2.06. The Kier molecular flexibility index (Phi) is 4.29. The summed E-state index contributed by atoms with van der Waals surface area (Å²) in [7, 11) is -3.49. The molecule has 1 atom stereocenters. The maximum atomic E-state index is 10.5. The Morgan fingerprint density at radius 1 is 1.55 bits per heavy atom. The minimum absolute atomic E-state index is 0.441. The van der Waals surface area contributed by atoms with Crippen molar-refractivity contribution in [1.82, 2.24) is 0 Å². The van der Waals surface area contributed by atoms with Gasteiger partial charge in [-0.05, 0) is 6.42 Å². The van der Waals surface area contributed by atoms with Gasteiger partial charge in [-0.1, -0.05) is 13.3 Å². The Morgan fingerprint density at radius 2 is 2.09 bits per heavy atom. The first kappa shape index (κ1) is 10.6. The molecule has 0 aromatic rings. The van der Waals surface area contributed by atoms with E-state index in [4.69, 9.17) is 0 Å². The van der Waals surface area contributed by atoms with E-state index in [1.165, 1.54) is 0 Å². The van der Waals surface area contributed by atoms with Gasteiger partial charge in [0.15, 0.2) is 0 Å². The van der Waals surface area contributed by atoms with Crippen LogP contribution in [0.25, 0.3) is 0 Å². The molecule has 4 nitrogen and oxygen atoms in total. The van der Waals surface area contributed by atoms with Gasteiger partial charge in [0, 0.05) is 0 Å². The first-order valence-corrected chi connectivity index (χ1v) is 5.14. The van der Waals surface area contributed by atoms with Crippen molar-refractivity contribution >= 4 is 16.4 Å². The smallest absolute Gasteiger partial charge is 0.265 e. The van der Waals surface area contributed by atoms with Crippen LogP contribution in [0.4, 0.5) is 0 Å². The molecule has 0 aliphatic heterocycles. The van der Waals surface area contributed by atoms with Crippen molar-refractivity contribution in [3.63, 3.8) is 0 Å². The van der Waals surface area contributed by atoms with Crippen LogP contribution in [0.2, 0.25) is 0 Å². The van der Waals surface area contributed by atoms with Gasteiger partial charge in [0.25, 0.3) is 10.1 Å². The van der Waals surface area contributed by atoms with Crippen molar-refractivity contribution in [2.24, 2.45) is 0 Å². The Labute approximate surface area is 66.7 Å². The minimum atomic E-state index is -3.49. The molecule has 5 heteroatoms. The Balaban J connectivity index is 3.98. The van der Waals surface area contributed by atoms with Crippen LogP contribution in [-0.4, -0.2) is 27.1 Å². The second-order valence-electron chi connectivity index (χ2n) is 2.26. The average Bonchev–Trinajstić information content (AvgIpc) is 1.84. The van der Waals surface area contributed by atoms with E-state index in [2.05, 4.69) is 4.18 Å². The summed E-state index contributed by atoms with van der Waals surface area (Å²) in [5.74, 6) is 0. The molecular formula is C6H12O4S. The lowest BCUT2D eigenvalue weighted by Crippen LogP contribution is -2.18. The quantitative estimate of drug-likeness (QED) is 0.452. The van der Waals surface area contributed by atoms with Crippen LogP contribution in [-0.2, 0) is 19.1 Å². The zero-order valence-corrected chi connectivity index (χ0v) is 7.43. The molecule has 0 aliphatic carbocycles. The SMILES string of the molecule is CCCC(C=O)OS(C)(=O)=O. The first-order valence-electron chi connectivity index (χ1n) is 3.33. The Bertz CT molecular complexity index is 207. The molecule has 0 saturated carbocycles. The summed E-state index contributed by atoms with van der Waals surface area (Å²) in [6.45, 7) is 1.85. The average molecular weight is 180 g/mol. The van der Waals surface area contributed by atoms with Gasteiger partial charge >= 0.3 is 0 Å². The number of hydrogen-bond acceptors (Lipinski definition) is 4. The fourth-order valence-corrected chi connectivity index (χ4v) is 1.24. The molecule has 0 radical (unpaired) electrons. The van der Waals surface area contributed by atoms with Crippen LogP contribution in [0.3, 0.4) is 0 Å². The molecule has 0 spiro atoms. The van der Waals surface area contributed by atoms with Crippen LogP contribution in [0.5, 0.6) is 0 Å². The summed E-state index contributed by atoms with van der Waals surface area (Å²) in [6.07, 6.45) is 1.79. The molecule has 0 heterocycles. The van der Waals surface area contributed by atoms with Crippen molar-refractivity contribution in [3.05, 3.63) is 0 Å². The molecule has 0 rings (SSSR count). The van der Waals surface area contributed by atoms with E-state index in [0.29, 0.717) is 12.7 Å². The monoisotopic (exact) mass is 180 g/mol. The van der Waals surface area contributed by atoms with Gasteiger partial charge < -0.3 is 4.79 Å². The molecule has 0 aliphatic rings. The summed E-state index contributed by atoms with van der Waals surface area (Å²) in [5, 5.41) is 0. The highest BCUT2D eigenvalue weighted by atomic mass is 32.2. The number of hydrogen-bond donors (Lipinski definition) is 0. The first-order chi connectivity index (χ1) is 4.99. The highest BCUT2D eigenvalue weighted by Crippen LogP contribution is 2.02. The lowest BCUT2D eigenvalue weighted by molar-refractivity contribution is -0.113. The summed E-state index contributed by atoms with van der Waals surface area (Å²) >= 11 is 0. The van der Waals surface area contributed by atoms with E-state index in [9.17, 15) is 13.2 Å². The predicted octanol–water partition coefficient (Wildman–Crippen LogP) is 0.330. The molecule has 0 bridgehead atoms. The second kappa shape index (κ2) is 4.46.